The summed E-state index contributed by atoms with van der Waals surface area (Å²) in [5, 5.41) is 0. The van der Waals surface area contributed by atoms with Crippen LogP contribution in [0.4, 0.5) is 0 Å². The molecular weight excluding hydrogens is 252 g/mol. The number of carbonyl (C=O) groups is 1. The predicted molar refractivity (Wildman–Crippen MR) is 69.9 cm³/mol. The van der Waals surface area contributed by atoms with Gasteiger partial charge in [-0.25, -0.2) is 0 Å². The minimum atomic E-state index is -0.237. The Bertz CT molecular complexity index is 219. The molecule has 0 aromatic rings. The van der Waals surface area contributed by atoms with Crippen LogP contribution in [0.3, 0.4) is 0 Å². The summed E-state index contributed by atoms with van der Waals surface area (Å²) in [6, 6.07) is 0. The fourth-order valence-electron chi connectivity index (χ4n) is 1.12. The highest BCUT2D eigenvalue weighted by molar-refractivity contribution is 5.69. The highest BCUT2D eigenvalue weighted by atomic mass is 16.6. The molecule has 112 valence electrons. The standard InChI is InChI=1S/C13H24O6/c1-3-15-7-8-17-11-12-18-10-9-16-6-5-13(14)19-4-2/h3H,1,4-12H2,2H3. The normalized spacial score (nSPS) is 10.2. The molecule has 0 N–H and O–H groups in total. The fraction of sp³-hybridized carbons (Fsp3) is 0.769. The lowest BCUT2D eigenvalue weighted by atomic mass is 10.5. The Balaban J connectivity index is 3.02. The number of ether oxygens (including phenoxy) is 5. The number of hydrogen-bond donors (Lipinski definition) is 0. The summed E-state index contributed by atoms with van der Waals surface area (Å²) in [7, 11) is 0. The summed E-state index contributed by atoms with van der Waals surface area (Å²) >= 11 is 0. The molecule has 0 heterocycles. The zero-order chi connectivity index (χ0) is 14.2. The molecule has 19 heavy (non-hydrogen) atoms. The van der Waals surface area contributed by atoms with E-state index in [1.165, 1.54) is 6.26 Å². The molecule has 0 unspecified atom stereocenters. The van der Waals surface area contributed by atoms with E-state index < -0.39 is 0 Å². The molecule has 0 aromatic carbocycles. The van der Waals surface area contributed by atoms with Crippen molar-refractivity contribution < 1.29 is 28.5 Å². The molecule has 0 spiro atoms. The van der Waals surface area contributed by atoms with E-state index in [0.29, 0.717) is 52.9 Å². The molecule has 0 aliphatic rings. The van der Waals surface area contributed by atoms with Gasteiger partial charge in [0.25, 0.3) is 0 Å². The highest BCUT2D eigenvalue weighted by Crippen LogP contribution is 1.88. The van der Waals surface area contributed by atoms with Gasteiger partial charge in [0, 0.05) is 0 Å². The van der Waals surface area contributed by atoms with E-state index >= 15 is 0 Å². The van der Waals surface area contributed by atoms with Crippen LogP contribution in [0.1, 0.15) is 13.3 Å². The molecule has 0 fully saturated rings. The van der Waals surface area contributed by atoms with Gasteiger partial charge in [0.05, 0.1) is 58.9 Å². The zero-order valence-corrected chi connectivity index (χ0v) is 11.6. The van der Waals surface area contributed by atoms with Gasteiger partial charge in [-0.05, 0) is 6.92 Å². The van der Waals surface area contributed by atoms with Crippen molar-refractivity contribution in [2.45, 2.75) is 13.3 Å². The first-order valence-electron chi connectivity index (χ1n) is 6.42. The lowest BCUT2D eigenvalue weighted by Crippen LogP contribution is -2.13. The number of esters is 1. The summed E-state index contributed by atoms with van der Waals surface area (Å²) < 4.78 is 25.3. The van der Waals surface area contributed by atoms with Gasteiger partial charge in [-0.15, -0.1) is 0 Å². The summed E-state index contributed by atoms with van der Waals surface area (Å²) in [6.45, 7) is 8.94. The van der Waals surface area contributed by atoms with E-state index in [9.17, 15) is 4.79 Å². The van der Waals surface area contributed by atoms with Crippen molar-refractivity contribution in [1.82, 2.24) is 0 Å². The molecule has 0 rings (SSSR count). The van der Waals surface area contributed by atoms with Crippen LogP contribution < -0.4 is 0 Å². The summed E-state index contributed by atoms with van der Waals surface area (Å²) in [6.07, 6.45) is 1.66. The summed E-state index contributed by atoms with van der Waals surface area (Å²) in [4.78, 5) is 11.0. The van der Waals surface area contributed by atoms with Gasteiger partial charge in [0.15, 0.2) is 0 Å². The van der Waals surface area contributed by atoms with Crippen LogP contribution in [0, 0.1) is 0 Å². The molecule has 0 radical (unpaired) electrons. The van der Waals surface area contributed by atoms with Crippen molar-refractivity contribution in [2.24, 2.45) is 0 Å². The van der Waals surface area contributed by atoms with Gasteiger partial charge in [0.2, 0.25) is 0 Å². The van der Waals surface area contributed by atoms with Crippen molar-refractivity contribution in [2.75, 3.05) is 52.9 Å². The first kappa shape index (κ1) is 17.9. The van der Waals surface area contributed by atoms with Crippen molar-refractivity contribution in [1.29, 1.82) is 0 Å². The maximum atomic E-state index is 11.0. The fourth-order valence-corrected chi connectivity index (χ4v) is 1.12. The molecule has 6 heteroatoms. The third-order valence-corrected chi connectivity index (χ3v) is 1.96. The van der Waals surface area contributed by atoms with Crippen LogP contribution in [0.5, 0.6) is 0 Å². The maximum Gasteiger partial charge on any atom is 0.308 e. The van der Waals surface area contributed by atoms with Gasteiger partial charge >= 0.3 is 5.97 Å². The SMILES string of the molecule is C=COCCOCCOCCOCCC(=O)OCC. The first-order chi connectivity index (χ1) is 9.31. The van der Waals surface area contributed by atoms with E-state index in [1.807, 2.05) is 0 Å². The molecule has 0 aliphatic carbocycles. The van der Waals surface area contributed by atoms with Crippen LogP contribution in [0.2, 0.25) is 0 Å². The Hall–Kier alpha value is -1.11. The maximum absolute atomic E-state index is 11.0. The molecule has 6 nitrogen and oxygen atoms in total. The second-order valence-corrected chi connectivity index (χ2v) is 3.43. The molecule has 0 saturated heterocycles. The number of carbonyl (C=O) groups excluding carboxylic acids is 1. The predicted octanol–water partition coefficient (Wildman–Crippen LogP) is 1.15. The van der Waals surface area contributed by atoms with E-state index in [1.54, 1.807) is 6.92 Å². The minimum absolute atomic E-state index is 0.237. The monoisotopic (exact) mass is 276 g/mol. The Morgan fingerprint density at radius 1 is 0.947 bits per heavy atom. The van der Waals surface area contributed by atoms with Crippen LogP contribution in [-0.2, 0) is 28.5 Å². The smallest absolute Gasteiger partial charge is 0.308 e. The van der Waals surface area contributed by atoms with Gasteiger partial charge in [-0.1, -0.05) is 6.58 Å². The minimum Gasteiger partial charge on any atom is -0.499 e. The molecule has 0 saturated carbocycles. The number of hydrogen-bond acceptors (Lipinski definition) is 6. The van der Waals surface area contributed by atoms with Crippen LogP contribution in [0.15, 0.2) is 12.8 Å². The molecular formula is C13H24O6. The largest absolute Gasteiger partial charge is 0.499 e. The summed E-state index contributed by atoms with van der Waals surface area (Å²) in [5.74, 6) is -0.237. The van der Waals surface area contributed by atoms with Gasteiger partial charge in [0.1, 0.15) is 6.61 Å². The van der Waals surface area contributed by atoms with Crippen molar-refractivity contribution >= 4 is 5.97 Å². The lowest BCUT2D eigenvalue weighted by molar-refractivity contribution is -0.144. The van der Waals surface area contributed by atoms with Crippen LogP contribution in [-0.4, -0.2) is 58.8 Å². The highest BCUT2D eigenvalue weighted by Gasteiger charge is 2.00. The van der Waals surface area contributed by atoms with Crippen molar-refractivity contribution in [3.8, 4) is 0 Å². The van der Waals surface area contributed by atoms with Crippen LogP contribution >= 0.6 is 0 Å². The topological polar surface area (TPSA) is 63.2 Å². The van der Waals surface area contributed by atoms with Crippen LogP contribution in [0.25, 0.3) is 0 Å². The lowest BCUT2D eigenvalue weighted by Gasteiger charge is -2.06. The Labute approximate surface area is 114 Å². The third kappa shape index (κ3) is 14.8. The Morgan fingerprint density at radius 2 is 1.47 bits per heavy atom. The number of rotatable bonds is 14. The Kier molecular flexibility index (Phi) is 14.1. The van der Waals surface area contributed by atoms with Gasteiger partial charge in [-0.3, -0.25) is 4.79 Å². The van der Waals surface area contributed by atoms with Crippen molar-refractivity contribution in [3.05, 3.63) is 12.8 Å². The Morgan fingerprint density at radius 3 is 2.00 bits per heavy atom. The zero-order valence-electron chi connectivity index (χ0n) is 11.6. The average Bonchev–Trinajstić information content (AvgIpc) is 2.40. The van der Waals surface area contributed by atoms with E-state index in [0.717, 1.165) is 0 Å². The van der Waals surface area contributed by atoms with E-state index in [2.05, 4.69) is 6.58 Å². The van der Waals surface area contributed by atoms with Crippen molar-refractivity contribution in [3.63, 3.8) is 0 Å². The molecule has 0 atom stereocenters. The first-order valence-corrected chi connectivity index (χ1v) is 6.42. The molecule has 0 aromatic heterocycles. The molecule has 0 amide bonds. The third-order valence-electron chi connectivity index (χ3n) is 1.96. The second kappa shape index (κ2) is 14.9. The average molecular weight is 276 g/mol. The molecule has 0 bridgehead atoms. The van der Waals surface area contributed by atoms with Gasteiger partial charge < -0.3 is 23.7 Å². The van der Waals surface area contributed by atoms with E-state index in [-0.39, 0.29) is 12.4 Å². The molecule has 0 aliphatic heterocycles. The van der Waals surface area contributed by atoms with Gasteiger partial charge in [-0.2, -0.15) is 0 Å². The second-order valence-electron chi connectivity index (χ2n) is 3.43. The van der Waals surface area contributed by atoms with E-state index in [4.69, 9.17) is 23.7 Å². The summed E-state index contributed by atoms with van der Waals surface area (Å²) in [5.41, 5.74) is 0. The quantitative estimate of drug-likeness (QED) is 0.269.